The van der Waals surface area contributed by atoms with E-state index in [-0.39, 0.29) is 23.9 Å². The van der Waals surface area contributed by atoms with E-state index in [2.05, 4.69) is 10.3 Å². The number of hydrogen-bond donors (Lipinski definition) is 1. The van der Waals surface area contributed by atoms with Crippen LogP contribution in [-0.4, -0.2) is 15.5 Å². The lowest BCUT2D eigenvalue weighted by Gasteiger charge is -2.15. The van der Waals surface area contributed by atoms with Crippen LogP contribution in [0.4, 0.5) is 0 Å². The number of pyridine rings is 2. The zero-order valence-electron chi connectivity index (χ0n) is 13.2. The van der Waals surface area contributed by atoms with E-state index in [0.29, 0.717) is 6.54 Å². The Bertz CT molecular complexity index is 722. The molecule has 0 aromatic carbocycles. The lowest BCUT2D eigenvalue weighted by molar-refractivity contribution is -0.122. The van der Waals surface area contributed by atoms with Gasteiger partial charge in [-0.15, -0.1) is 0 Å². The van der Waals surface area contributed by atoms with Crippen molar-refractivity contribution in [3.05, 3.63) is 63.8 Å². The molecule has 2 aromatic rings. The van der Waals surface area contributed by atoms with Gasteiger partial charge >= 0.3 is 0 Å². The second-order valence-electron chi connectivity index (χ2n) is 5.40. The first-order chi connectivity index (χ1) is 10.5. The van der Waals surface area contributed by atoms with Crippen LogP contribution in [-0.2, 0) is 11.3 Å². The molecular weight excluding hydrogens is 278 g/mol. The topological polar surface area (TPSA) is 64.0 Å². The van der Waals surface area contributed by atoms with Crippen molar-refractivity contribution in [3.8, 4) is 0 Å². The third-order valence-corrected chi connectivity index (χ3v) is 3.56. The molecule has 5 nitrogen and oxygen atoms in total. The minimum atomic E-state index is -0.152. The second kappa shape index (κ2) is 7.02. The Morgan fingerprint density at radius 1 is 1.23 bits per heavy atom. The number of carbonyl (C=O) groups is 1. The first-order valence-electron chi connectivity index (χ1n) is 7.37. The fraction of sp³-hybridized carbons (Fsp3) is 0.353. The van der Waals surface area contributed by atoms with Crippen molar-refractivity contribution >= 4 is 5.91 Å². The fourth-order valence-corrected chi connectivity index (χ4v) is 2.32. The highest BCUT2D eigenvalue weighted by Crippen LogP contribution is 2.10. The maximum atomic E-state index is 12.1. The highest BCUT2D eigenvalue weighted by atomic mass is 16.2. The van der Waals surface area contributed by atoms with E-state index >= 15 is 0 Å². The predicted molar refractivity (Wildman–Crippen MR) is 85.6 cm³/mol. The van der Waals surface area contributed by atoms with E-state index in [9.17, 15) is 9.59 Å². The summed E-state index contributed by atoms with van der Waals surface area (Å²) in [6.07, 6.45) is 0.265. The van der Waals surface area contributed by atoms with E-state index < -0.39 is 0 Å². The van der Waals surface area contributed by atoms with Gasteiger partial charge in [0.2, 0.25) is 5.91 Å². The van der Waals surface area contributed by atoms with Crippen molar-refractivity contribution in [1.82, 2.24) is 14.9 Å². The maximum absolute atomic E-state index is 12.1. The lowest BCUT2D eigenvalue weighted by atomic mass is 10.2. The van der Waals surface area contributed by atoms with E-state index in [1.165, 1.54) is 6.07 Å². The molecule has 2 aromatic heterocycles. The number of aryl methyl sites for hydroxylation is 2. The summed E-state index contributed by atoms with van der Waals surface area (Å²) in [5, 5.41) is 2.92. The molecule has 1 amide bonds. The molecule has 0 spiro atoms. The smallest absolute Gasteiger partial charge is 0.250 e. The zero-order valence-corrected chi connectivity index (χ0v) is 13.2. The van der Waals surface area contributed by atoms with Crippen LogP contribution in [0.1, 0.15) is 36.5 Å². The molecule has 0 fully saturated rings. The number of amides is 1. The van der Waals surface area contributed by atoms with Crippen LogP contribution in [0.3, 0.4) is 0 Å². The van der Waals surface area contributed by atoms with Crippen LogP contribution in [0.15, 0.2) is 41.2 Å². The highest BCUT2D eigenvalue weighted by molar-refractivity contribution is 5.76. The Kier molecular flexibility index (Phi) is 5.09. The first kappa shape index (κ1) is 15.9. The molecule has 22 heavy (non-hydrogen) atoms. The fourth-order valence-electron chi connectivity index (χ4n) is 2.32. The largest absolute Gasteiger partial charge is 0.348 e. The molecule has 0 aliphatic rings. The van der Waals surface area contributed by atoms with Gasteiger partial charge in [-0.05, 0) is 39.0 Å². The van der Waals surface area contributed by atoms with Crippen molar-refractivity contribution in [2.24, 2.45) is 0 Å². The highest BCUT2D eigenvalue weighted by Gasteiger charge is 2.11. The van der Waals surface area contributed by atoms with Crippen molar-refractivity contribution in [1.29, 1.82) is 0 Å². The monoisotopic (exact) mass is 299 g/mol. The second-order valence-corrected chi connectivity index (χ2v) is 5.40. The summed E-state index contributed by atoms with van der Waals surface area (Å²) in [5.74, 6) is -0.0917. The molecule has 0 aliphatic carbocycles. The summed E-state index contributed by atoms with van der Waals surface area (Å²) < 4.78 is 1.61. The Hall–Kier alpha value is -2.43. The SMILES string of the molecule is Cc1cccc([C@@H](C)NC(=O)CCn2c(C)cccc2=O)n1. The van der Waals surface area contributed by atoms with Gasteiger partial charge in [0.1, 0.15) is 0 Å². The number of rotatable bonds is 5. The number of nitrogens with one attached hydrogen (secondary N) is 1. The van der Waals surface area contributed by atoms with Gasteiger partial charge in [0.25, 0.3) is 5.56 Å². The lowest BCUT2D eigenvalue weighted by Crippen LogP contribution is -2.30. The summed E-state index contributed by atoms with van der Waals surface area (Å²) in [7, 11) is 0. The molecule has 0 radical (unpaired) electrons. The van der Waals surface area contributed by atoms with E-state index in [0.717, 1.165) is 17.1 Å². The molecule has 1 atom stereocenters. The molecule has 0 saturated heterocycles. The molecule has 1 N–H and O–H groups in total. The van der Waals surface area contributed by atoms with Crippen LogP contribution in [0.25, 0.3) is 0 Å². The average molecular weight is 299 g/mol. The van der Waals surface area contributed by atoms with E-state index in [1.54, 1.807) is 10.6 Å². The Morgan fingerprint density at radius 3 is 2.64 bits per heavy atom. The van der Waals surface area contributed by atoms with Gasteiger partial charge < -0.3 is 9.88 Å². The van der Waals surface area contributed by atoms with Crippen molar-refractivity contribution in [3.63, 3.8) is 0 Å². The van der Waals surface area contributed by atoms with Gasteiger partial charge in [0.05, 0.1) is 11.7 Å². The van der Waals surface area contributed by atoms with Gasteiger partial charge in [-0.2, -0.15) is 0 Å². The summed E-state index contributed by atoms with van der Waals surface area (Å²) in [5.41, 5.74) is 2.53. The molecule has 0 aliphatic heterocycles. The average Bonchev–Trinajstić information content (AvgIpc) is 2.46. The first-order valence-corrected chi connectivity index (χ1v) is 7.37. The van der Waals surface area contributed by atoms with E-state index in [4.69, 9.17) is 0 Å². The van der Waals surface area contributed by atoms with Crippen LogP contribution < -0.4 is 10.9 Å². The van der Waals surface area contributed by atoms with Crippen molar-refractivity contribution in [2.45, 2.75) is 39.8 Å². The predicted octanol–water partition coefficient (Wildman–Crippen LogP) is 2.13. The van der Waals surface area contributed by atoms with Gasteiger partial charge in [-0.25, -0.2) is 0 Å². The van der Waals surface area contributed by atoms with Crippen LogP contribution >= 0.6 is 0 Å². The molecule has 0 saturated carbocycles. The van der Waals surface area contributed by atoms with Gasteiger partial charge in [-0.3, -0.25) is 14.6 Å². The van der Waals surface area contributed by atoms with Crippen LogP contribution in [0, 0.1) is 13.8 Å². The normalized spacial score (nSPS) is 12.0. The standard InChI is InChI=1S/C17H21N3O2/c1-12-6-4-8-15(18-12)14(3)19-16(21)10-11-20-13(2)7-5-9-17(20)22/h4-9,14H,10-11H2,1-3H3,(H,19,21)/t14-/m1/s1. The number of aromatic nitrogens is 2. The third-order valence-electron chi connectivity index (χ3n) is 3.56. The third kappa shape index (κ3) is 4.04. The molecule has 2 rings (SSSR count). The zero-order chi connectivity index (χ0) is 16.1. The van der Waals surface area contributed by atoms with Crippen LogP contribution in [0.2, 0.25) is 0 Å². The molecular formula is C17H21N3O2. The maximum Gasteiger partial charge on any atom is 0.250 e. The molecule has 2 heterocycles. The Labute approximate surface area is 130 Å². The van der Waals surface area contributed by atoms with Gasteiger partial charge in [-0.1, -0.05) is 12.1 Å². The minimum Gasteiger partial charge on any atom is -0.348 e. The number of hydrogen-bond acceptors (Lipinski definition) is 3. The quantitative estimate of drug-likeness (QED) is 0.920. The number of nitrogens with zero attached hydrogens (tertiary/aromatic N) is 2. The van der Waals surface area contributed by atoms with E-state index in [1.807, 2.05) is 45.0 Å². The summed E-state index contributed by atoms with van der Waals surface area (Å²) in [6.45, 7) is 6.06. The summed E-state index contributed by atoms with van der Waals surface area (Å²) >= 11 is 0. The summed E-state index contributed by atoms with van der Waals surface area (Å²) in [6, 6.07) is 10.7. The van der Waals surface area contributed by atoms with Crippen molar-refractivity contribution in [2.75, 3.05) is 0 Å². The molecule has 116 valence electrons. The van der Waals surface area contributed by atoms with Crippen molar-refractivity contribution < 1.29 is 4.79 Å². The molecule has 0 bridgehead atoms. The van der Waals surface area contributed by atoms with Gasteiger partial charge in [0, 0.05) is 30.4 Å². The molecule has 5 heteroatoms. The van der Waals surface area contributed by atoms with Gasteiger partial charge in [0.15, 0.2) is 0 Å². The Balaban J connectivity index is 1.95. The Morgan fingerprint density at radius 2 is 1.95 bits per heavy atom. The van der Waals surface area contributed by atoms with Crippen LogP contribution in [0.5, 0.6) is 0 Å². The minimum absolute atomic E-state index is 0.0822. The number of carbonyl (C=O) groups excluding carboxylic acids is 1. The summed E-state index contributed by atoms with van der Waals surface area (Å²) in [4.78, 5) is 28.2. The molecule has 0 unspecified atom stereocenters.